The number of ether oxygens (including phenoxy) is 12. The zero-order valence-electron chi connectivity index (χ0n) is 122. The first-order valence-electron chi connectivity index (χ1n) is 64.4. The standard InChI is InChI=1S/4C24H38N2O4/c4*1-14(2)9-17-13-26-8-7-16-10-21(28-5)22(29-6)11-18(16)19(26)12-20(17)30-24(27)23(25)15(3)4/h4*10-11,14-15,17,19-20,23H,7-9,12-13,25H2,1-6H3/t4*17?,19?,20?,23-/m0000/s1/i2*5D3,7D2,8D2,12D2,13D2,17D,19D,20D;7D2,8D2,12D2,13D2,17D,19D,20D;7D2,8D2,10D,11D,12D2,13D2,17D. The SMILES string of the molecule is [2H]C([2H])([2H])Oc1cc2c(cc1OC)C1([2H])N(C([2H])([2H])C2([2H])[2H])C([2H])([2H])C([2H])(CC(C)C)C([2H])(OC(=O)[C@@H](N)C(C)C)C1([2H])[2H].[2H]C([2H])([2H])Oc1cc2c(cc1OC)C1([2H])N(C([2H])([2H])C2([2H])[2H])C([2H])([2H])C([2H])(CC(C)C)C([2H])(OC(=O)[C@@H](N)C(C)C)C1([2H])[2H].[2H]C1([2H])c2cc(OC)c(OC)cc2C2([2H])N(C1([2H])[2H])C([2H])([2H])C([2H])(CC(C)C)C([2H])(OC(=O)[C@@H](N)C(C)C)C2([2H])[2H].[2H]c1c(OC)c(OC)c([2H])c2c1C1N(C([2H])([2H])C2([2H])[2H])C([2H])([2H])C([2H])(CC(C)C)C(OC(=O)[C@@H](N)C(C)C)C1([2H])[2H]. The van der Waals surface area contributed by atoms with Crippen LogP contribution < -0.4 is 60.8 Å². The summed E-state index contributed by atoms with van der Waals surface area (Å²) in [6, 6.07) is -14.1. The summed E-state index contributed by atoms with van der Waals surface area (Å²) in [6.45, 7) is -2.93. The van der Waals surface area contributed by atoms with E-state index in [1.54, 1.807) is 55.4 Å². The molecule has 12 rings (SSSR count). The maximum atomic E-state index is 13.2. The number of nitrogens with two attached hydrogens (primary N) is 4. The van der Waals surface area contributed by atoms with Gasteiger partial charge in [-0.2, -0.15) is 0 Å². The molecule has 8 aliphatic rings. The number of esters is 4. The fraction of sp³-hybridized carbons (Fsp3) is 0.708. The zero-order valence-corrected chi connectivity index (χ0v) is 72.0. The van der Waals surface area contributed by atoms with Gasteiger partial charge in [0.05, 0.1) is 75.9 Å². The molecule has 0 aliphatic carbocycles. The summed E-state index contributed by atoms with van der Waals surface area (Å²) in [5, 5.41) is 0. The van der Waals surface area contributed by atoms with Crippen LogP contribution in [0.15, 0.2) is 48.5 Å². The van der Waals surface area contributed by atoms with Crippen LogP contribution >= 0.6 is 0 Å². The summed E-state index contributed by atoms with van der Waals surface area (Å²) in [6.07, 6.45) is -42.1. The molecule has 0 spiro atoms. The Balaban J connectivity index is 0.000000249. The molecular formula is C96H152N8O16. The van der Waals surface area contributed by atoms with Crippen molar-refractivity contribution in [3.05, 3.63) is 93.0 Å². The van der Waals surface area contributed by atoms with E-state index >= 15 is 0 Å². The van der Waals surface area contributed by atoms with Crippen molar-refractivity contribution in [1.29, 1.82) is 0 Å². The Morgan fingerprint density at radius 3 is 0.950 bits per heavy atom. The van der Waals surface area contributed by atoms with Gasteiger partial charge in [-0.3, -0.25) is 38.8 Å². The quantitative estimate of drug-likeness (QED) is 0.0303. The van der Waals surface area contributed by atoms with Gasteiger partial charge < -0.3 is 79.8 Å². The molecule has 8 N–H and O–H groups in total. The van der Waals surface area contributed by atoms with Crippen molar-refractivity contribution >= 4 is 23.9 Å². The fourth-order valence-electron chi connectivity index (χ4n) is 12.5. The molecule has 672 valence electrons. The highest BCUT2D eigenvalue weighted by molar-refractivity contribution is 5.77. The number of rotatable bonds is 28. The van der Waals surface area contributed by atoms with E-state index in [0.29, 0.717) is 4.90 Å². The van der Waals surface area contributed by atoms with Crippen molar-refractivity contribution in [3.8, 4) is 46.0 Å². The van der Waals surface area contributed by atoms with E-state index in [4.69, 9.17) is 124 Å². The van der Waals surface area contributed by atoms with Gasteiger partial charge in [0.2, 0.25) is 0 Å². The summed E-state index contributed by atoms with van der Waals surface area (Å²) in [7, 11) is 0.713. The van der Waals surface area contributed by atoms with Crippen molar-refractivity contribution in [3.63, 3.8) is 0 Å². The highest BCUT2D eigenvalue weighted by Crippen LogP contribution is 2.50. The van der Waals surface area contributed by atoms with Crippen LogP contribution in [0.2, 0.25) is 0 Å². The number of carbonyl (C=O) groups excluding carboxylic acids is 4. The molecule has 4 aromatic rings. The second kappa shape index (κ2) is 43.9. The fourth-order valence-corrected chi connectivity index (χ4v) is 12.5. The van der Waals surface area contributed by atoms with Crippen molar-refractivity contribution in [2.45, 2.75) is 260 Å². The lowest BCUT2D eigenvalue weighted by Crippen LogP contribution is -2.51. The number of hydrogen-bond donors (Lipinski definition) is 4. The lowest BCUT2D eigenvalue weighted by atomic mass is 9.79. The average Bonchev–Trinajstić information content (AvgIpc) is 0.635. The molecule has 0 aromatic heterocycles. The first-order chi connectivity index (χ1) is 75.9. The molecule has 4 fully saturated rings. The van der Waals surface area contributed by atoms with Crippen LogP contribution in [0.4, 0.5) is 0 Å². The number of methoxy groups -OCH3 is 8. The van der Waals surface area contributed by atoms with Crippen molar-refractivity contribution in [2.24, 2.45) is 93.9 Å². The molecule has 12 unspecified atom stereocenters. The minimum absolute atomic E-state index is 0.0413. The van der Waals surface area contributed by atoms with E-state index in [-0.39, 0.29) is 37.7 Å². The third kappa shape index (κ3) is 23.8. The van der Waals surface area contributed by atoms with Crippen LogP contribution in [0, 0.1) is 70.9 Å². The maximum Gasteiger partial charge on any atom is 0.323 e. The minimum Gasteiger partial charge on any atom is -0.493 e. The Bertz CT molecular complexity index is 6360. The molecular weight excluding hydrogens is 1520 g/mol. The van der Waals surface area contributed by atoms with Gasteiger partial charge in [0.1, 0.15) is 48.5 Å². The summed E-state index contributed by atoms with van der Waals surface area (Å²) >= 11 is 0. The lowest BCUT2D eigenvalue weighted by molar-refractivity contribution is -0.161. The Kier molecular flexibility index (Phi) is 17.7. The molecule has 8 aliphatic heterocycles. The van der Waals surface area contributed by atoms with Crippen LogP contribution in [0.25, 0.3) is 0 Å². The van der Waals surface area contributed by atoms with E-state index in [0.717, 1.165) is 64.8 Å². The van der Waals surface area contributed by atoms with E-state index < -0.39 is 390 Å². The number of piperidine rings is 4. The second-order valence-corrected chi connectivity index (χ2v) is 31.9. The van der Waals surface area contributed by atoms with Gasteiger partial charge in [-0.1, -0.05) is 111 Å². The van der Waals surface area contributed by atoms with E-state index in [2.05, 4.69) is 0 Å². The van der Waals surface area contributed by atoms with Crippen LogP contribution in [0.1, 0.15) is 299 Å². The largest absolute Gasteiger partial charge is 0.493 e. The summed E-state index contributed by atoms with van der Waals surface area (Å²) < 4.78 is 509. The third-order valence-corrected chi connectivity index (χ3v) is 19.3. The monoisotopic (exact) mass is 1720 g/mol. The molecule has 0 bridgehead atoms. The topological polar surface area (TPSA) is 296 Å². The molecule has 120 heavy (non-hydrogen) atoms. The summed E-state index contributed by atoms with van der Waals surface area (Å²) in [5.74, 6) is -24.9. The Morgan fingerprint density at radius 2 is 0.642 bits per heavy atom. The van der Waals surface area contributed by atoms with E-state index in [9.17, 15) is 43.9 Å². The number of benzene rings is 4. The molecule has 4 aromatic carbocycles. The van der Waals surface area contributed by atoms with Crippen LogP contribution in [-0.2, 0) is 63.6 Å². The first kappa shape index (κ1) is 48.4. The van der Waals surface area contributed by atoms with Gasteiger partial charge in [0.15, 0.2) is 46.0 Å². The van der Waals surface area contributed by atoms with Crippen LogP contribution in [0.3, 0.4) is 0 Å². The lowest BCUT2D eigenvalue weighted by Gasteiger charge is -2.47. The predicted octanol–water partition coefficient (Wildman–Crippen LogP) is 14.3. The van der Waals surface area contributed by atoms with Gasteiger partial charge in [0, 0.05) is 174 Å². The number of nitrogens with zero attached hydrogens (tertiary/aromatic N) is 4. The Morgan fingerprint density at radius 1 is 0.367 bits per heavy atom. The van der Waals surface area contributed by atoms with E-state index in [1.165, 1.54) is 69.6 Å². The van der Waals surface area contributed by atoms with Crippen molar-refractivity contribution in [2.75, 3.05) is 109 Å². The third-order valence-electron chi connectivity index (χ3n) is 19.3. The normalized spacial score (nSPS) is 44.1. The van der Waals surface area contributed by atoms with Gasteiger partial charge >= 0.3 is 23.9 Å². The highest BCUT2D eigenvalue weighted by atomic mass is 16.6. The smallest absolute Gasteiger partial charge is 0.323 e. The summed E-state index contributed by atoms with van der Waals surface area (Å²) in [5.41, 5.74) is 18.2. The molecule has 0 radical (unpaired) electrons. The van der Waals surface area contributed by atoms with Gasteiger partial charge in [-0.05, 0) is 192 Å². The molecule has 0 amide bonds. The van der Waals surface area contributed by atoms with Crippen molar-refractivity contribution < 1.29 is 145 Å². The van der Waals surface area contributed by atoms with Crippen LogP contribution in [0.5, 0.6) is 46.0 Å². The highest BCUT2D eigenvalue weighted by Gasteiger charge is 2.47. The minimum atomic E-state index is -3.70. The molecule has 24 heteroatoms. The maximum absolute atomic E-state index is 13.2. The molecule has 0 saturated carbocycles. The van der Waals surface area contributed by atoms with Gasteiger partial charge in [-0.15, -0.1) is 0 Å². The zero-order chi connectivity index (χ0) is 133. The molecule has 24 nitrogen and oxygen atoms in total. The predicted molar refractivity (Wildman–Crippen MR) is 471 cm³/mol. The van der Waals surface area contributed by atoms with E-state index in [1.807, 2.05) is 0 Å². The summed E-state index contributed by atoms with van der Waals surface area (Å²) in [4.78, 5) is 52.9. The van der Waals surface area contributed by atoms with Gasteiger partial charge in [0.25, 0.3) is 0 Å². The Hall–Kier alpha value is -7.16. The average molecular weight is 1720 g/mol. The number of fused-ring (bicyclic) bond motifs is 12. The van der Waals surface area contributed by atoms with Crippen molar-refractivity contribution in [1.82, 2.24) is 19.6 Å². The Labute approximate surface area is 789 Å². The molecule has 16 atom stereocenters. The second-order valence-electron chi connectivity index (χ2n) is 31.9. The number of carbonyl (C=O) groups is 4. The van der Waals surface area contributed by atoms with Gasteiger partial charge in [-0.25, -0.2) is 0 Å². The molecule has 4 saturated heterocycles. The first-order valence-corrected chi connectivity index (χ1v) is 39.4. The molecule has 8 heterocycles. The number of aryl methyl sites for hydroxylation is 3. The van der Waals surface area contributed by atoms with Crippen LogP contribution in [-0.4, -0.2) is 201 Å². The number of hydrogen-bond acceptors (Lipinski definition) is 24.